The lowest BCUT2D eigenvalue weighted by molar-refractivity contribution is -0.156. The second kappa shape index (κ2) is 15.3. The number of nitrogens with zero attached hydrogens (tertiary/aromatic N) is 3. The molecule has 0 bridgehead atoms. The summed E-state index contributed by atoms with van der Waals surface area (Å²) in [6.45, 7) is 10.6. The molecule has 2 heterocycles. The van der Waals surface area contributed by atoms with Crippen molar-refractivity contribution in [3.05, 3.63) is 41.7 Å². The molecule has 0 radical (unpaired) electrons. The van der Waals surface area contributed by atoms with Crippen molar-refractivity contribution in [2.45, 2.75) is 91.1 Å². The number of nitrogens with one attached hydrogen (secondary N) is 3. The SMILES string of the molecule is CC(=O)OC(C)(C)CCOC(C)(C)CCNC(=O)CCCC(=O)NCc1ccc(COc2nc(N)nc3nc[nH]c23)cc1. The number of esters is 1. The number of H-pyrrole nitrogens is 1. The number of carbonyl (C=O) groups excluding carboxylic acids is 3. The number of rotatable bonds is 17. The Morgan fingerprint density at radius 2 is 1.60 bits per heavy atom. The Morgan fingerprint density at radius 3 is 2.30 bits per heavy atom. The van der Waals surface area contributed by atoms with E-state index < -0.39 is 11.2 Å². The van der Waals surface area contributed by atoms with Crippen molar-refractivity contribution in [3.8, 4) is 5.88 Å². The van der Waals surface area contributed by atoms with E-state index in [0.29, 0.717) is 56.0 Å². The zero-order chi connectivity index (χ0) is 31.5. The molecule has 1 aromatic carbocycles. The number of aromatic amines is 1. The molecule has 0 saturated heterocycles. The highest BCUT2D eigenvalue weighted by Gasteiger charge is 2.24. The third kappa shape index (κ3) is 11.9. The van der Waals surface area contributed by atoms with E-state index in [1.807, 2.05) is 52.0 Å². The van der Waals surface area contributed by atoms with E-state index in [1.54, 1.807) is 0 Å². The van der Waals surface area contributed by atoms with Crippen LogP contribution in [0.15, 0.2) is 30.6 Å². The van der Waals surface area contributed by atoms with Gasteiger partial charge in [0.05, 0.1) is 18.5 Å². The number of ether oxygens (including phenoxy) is 3. The van der Waals surface area contributed by atoms with Gasteiger partial charge in [-0.05, 0) is 51.7 Å². The number of anilines is 1. The highest BCUT2D eigenvalue weighted by Crippen LogP contribution is 2.21. The van der Waals surface area contributed by atoms with Crippen LogP contribution in [0.2, 0.25) is 0 Å². The van der Waals surface area contributed by atoms with Gasteiger partial charge in [0.2, 0.25) is 23.6 Å². The summed E-state index contributed by atoms with van der Waals surface area (Å²) in [5.41, 5.74) is 7.57. The molecule has 13 nitrogen and oxygen atoms in total. The maximum atomic E-state index is 12.3. The van der Waals surface area contributed by atoms with E-state index in [1.165, 1.54) is 13.3 Å². The van der Waals surface area contributed by atoms with Crippen molar-refractivity contribution in [2.24, 2.45) is 0 Å². The predicted molar refractivity (Wildman–Crippen MR) is 161 cm³/mol. The van der Waals surface area contributed by atoms with Gasteiger partial charge in [0.1, 0.15) is 17.7 Å². The number of aromatic nitrogens is 4. The van der Waals surface area contributed by atoms with E-state index in [2.05, 4.69) is 30.6 Å². The predicted octanol–water partition coefficient (Wildman–Crippen LogP) is 3.33. The summed E-state index contributed by atoms with van der Waals surface area (Å²) in [7, 11) is 0. The molecule has 3 aromatic rings. The number of hydrogen-bond acceptors (Lipinski definition) is 10. The molecule has 234 valence electrons. The summed E-state index contributed by atoms with van der Waals surface area (Å²) < 4.78 is 17.0. The number of carbonyl (C=O) groups is 3. The number of nitrogen functional groups attached to an aromatic ring is 1. The zero-order valence-electron chi connectivity index (χ0n) is 25.6. The molecule has 0 aliphatic heterocycles. The van der Waals surface area contributed by atoms with Gasteiger partial charge in [-0.15, -0.1) is 0 Å². The van der Waals surface area contributed by atoms with Crippen LogP contribution in [0.1, 0.15) is 77.8 Å². The first-order valence-corrected chi connectivity index (χ1v) is 14.4. The molecule has 0 unspecified atom stereocenters. The molecule has 0 aliphatic rings. The lowest BCUT2D eigenvalue weighted by Crippen LogP contribution is -2.35. The van der Waals surface area contributed by atoms with Crippen LogP contribution in [-0.2, 0) is 37.0 Å². The molecule has 0 spiro atoms. The van der Waals surface area contributed by atoms with Crippen LogP contribution in [0.25, 0.3) is 11.2 Å². The number of nitrogens with two attached hydrogens (primary N) is 1. The monoisotopic (exact) mass is 597 g/mol. The fourth-order valence-electron chi connectivity index (χ4n) is 4.21. The normalized spacial score (nSPS) is 11.7. The van der Waals surface area contributed by atoms with Crippen LogP contribution in [0.4, 0.5) is 5.95 Å². The average molecular weight is 598 g/mol. The summed E-state index contributed by atoms with van der Waals surface area (Å²) in [5, 5.41) is 5.78. The molecular weight excluding hydrogens is 554 g/mol. The van der Waals surface area contributed by atoms with E-state index >= 15 is 0 Å². The third-order valence-corrected chi connectivity index (χ3v) is 6.63. The Hall–Kier alpha value is -4.26. The highest BCUT2D eigenvalue weighted by molar-refractivity contribution is 5.79. The zero-order valence-corrected chi connectivity index (χ0v) is 25.6. The van der Waals surface area contributed by atoms with Crippen LogP contribution in [0.5, 0.6) is 5.88 Å². The molecule has 13 heteroatoms. The summed E-state index contributed by atoms with van der Waals surface area (Å²) in [6.07, 6.45) is 3.68. The Balaban J connectivity index is 1.27. The Morgan fingerprint density at radius 1 is 0.930 bits per heavy atom. The van der Waals surface area contributed by atoms with E-state index in [4.69, 9.17) is 19.9 Å². The summed E-state index contributed by atoms with van der Waals surface area (Å²) in [4.78, 5) is 50.9. The maximum Gasteiger partial charge on any atom is 0.303 e. The summed E-state index contributed by atoms with van der Waals surface area (Å²) in [6, 6.07) is 7.66. The largest absolute Gasteiger partial charge is 0.471 e. The summed E-state index contributed by atoms with van der Waals surface area (Å²) in [5.74, 6) is -0.119. The van der Waals surface area contributed by atoms with Crippen molar-refractivity contribution in [3.63, 3.8) is 0 Å². The number of imidazole rings is 1. The van der Waals surface area contributed by atoms with E-state index in [0.717, 1.165) is 11.1 Å². The van der Waals surface area contributed by atoms with Gasteiger partial charge in [-0.3, -0.25) is 14.4 Å². The molecule has 43 heavy (non-hydrogen) atoms. The van der Waals surface area contributed by atoms with Gasteiger partial charge in [0, 0.05) is 39.3 Å². The van der Waals surface area contributed by atoms with Crippen LogP contribution in [0.3, 0.4) is 0 Å². The molecule has 0 fully saturated rings. The van der Waals surface area contributed by atoms with E-state index in [-0.39, 0.29) is 43.2 Å². The van der Waals surface area contributed by atoms with Gasteiger partial charge in [0.15, 0.2) is 5.65 Å². The van der Waals surface area contributed by atoms with Crippen LogP contribution in [0, 0.1) is 0 Å². The molecule has 2 aromatic heterocycles. The van der Waals surface area contributed by atoms with Gasteiger partial charge < -0.3 is 35.6 Å². The fraction of sp³-hybridized carbons (Fsp3) is 0.533. The molecule has 3 rings (SSSR count). The first-order chi connectivity index (χ1) is 20.3. The molecule has 5 N–H and O–H groups in total. The highest BCUT2D eigenvalue weighted by atomic mass is 16.6. The summed E-state index contributed by atoms with van der Waals surface area (Å²) >= 11 is 0. The van der Waals surface area contributed by atoms with Gasteiger partial charge in [-0.2, -0.15) is 9.97 Å². The van der Waals surface area contributed by atoms with E-state index in [9.17, 15) is 14.4 Å². The quantitative estimate of drug-likeness (QED) is 0.168. The first kappa shape index (κ1) is 33.2. The average Bonchev–Trinajstić information content (AvgIpc) is 3.38. The number of hydrogen-bond donors (Lipinski definition) is 4. The maximum absolute atomic E-state index is 12.3. The molecule has 2 amide bonds. The van der Waals surface area contributed by atoms with Gasteiger partial charge in [0.25, 0.3) is 0 Å². The van der Waals surface area contributed by atoms with Gasteiger partial charge in [-0.1, -0.05) is 24.3 Å². The van der Waals surface area contributed by atoms with Crippen LogP contribution < -0.4 is 21.1 Å². The van der Waals surface area contributed by atoms with Crippen molar-refractivity contribution in [2.75, 3.05) is 18.9 Å². The standard InChI is InChI=1S/C30H43N7O6/c1-20(38)43-30(4,5)14-16-42-29(2,3)13-15-32-23(39)7-6-8-24(40)33-17-21-9-11-22(12-10-21)18-41-27-25-26(35-19-34-25)36-28(31)37-27/h9-12,19H,6-8,13-18H2,1-5H3,(H,32,39)(H,33,40)(H3,31,34,35,36,37). The fourth-order valence-corrected chi connectivity index (χ4v) is 4.21. The molecular formula is C30H43N7O6. The Kier molecular flexibility index (Phi) is 11.8. The smallest absolute Gasteiger partial charge is 0.303 e. The van der Waals surface area contributed by atoms with Crippen LogP contribution >= 0.6 is 0 Å². The van der Waals surface area contributed by atoms with Crippen molar-refractivity contribution in [1.29, 1.82) is 0 Å². The molecule has 0 saturated carbocycles. The minimum absolute atomic E-state index is 0.0851. The molecule has 0 atom stereocenters. The third-order valence-electron chi connectivity index (χ3n) is 6.63. The minimum Gasteiger partial charge on any atom is -0.471 e. The second-order valence-electron chi connectivity index (χ2n) is 11.5. The van der Waals surface area contributed by atoms with Gasteiger partial charge in [-0.25, -0.2) is 4.98 Å². The van der Waals surface area contributed by atoms with Crippen LogP contribution in [-0.4, -0.2) is 62.1 Å². The minimum atomic E-state index is -0.591. The Labute approximate surface area is 251 Å². The van der Waals surface area contributed by atoms with Gasteiger partial charge >= 0.3 is 5.97 Å². The van der Waals surface area contributed by atoms with Crippen molar-refractivity contribution >= 4 is 34.9 Å². The number of fused-ring (bicyclic) bond motifs is 1. The lowest BCUT2D eigenvalue weighted by atomic mass is 10.0. The first-order valence-electron chi connectivity index (χ1n) is 14.4. The second-order valence-corrected chi connectivity index (χ2v) is 11.5. The molecule has 0 aliphatic carbocycles. The lowest BCUT2D eigenvalue weighted by Gasteiger charge is -2.29. The topological polar surface area (TPSA) is 183 Å². The van der Waals surface area contributed by atoms with Crippen molar-refractivity contribution < 1.29 is 28.6 Å². The van der Waals surface area contributed by atoms with Crippen molar-refractivity contribution in [1.82, 2.24) is 30.6 Å². The number of benzene rings is 1. The number of amides is 2. The Bertz CT molecular complexity index is 1370.